The molecule has 4 aromatic rings. The van der Waals surface area contributed by atoms with E-state index in [1.165, 1.54) is 0 Å². The van der Waals surface area contributed by atoms with E-state index in [2.05, 4.69) is 55.7 Å². The topological polar surface area (TPSA) is 59.9 Å². The Morgan fingerprint density at radius 3 is 2.09 bits per heavy atom. The van der Waals surface area contributed by atoms with E-state index in [4.69, 9.17) is 9.47 Å². The van der Waals surface area contributed by atoms with Crippen molar-refractivity contribution < 1.29 is 14.3 Å². The molecule has 1 N–H and O–H groups in total. The number of ether oxygens (including phenoxy) is 2. The van der Waals surface area contributed by atoms with Gasteiger partial charge in [0.15, 0.2) is 0 Å². The third kappa shape index (κ3) is 7.28. The molecule has 35 heavy (non-hydrogen) atoms. The number of hydrogen-bond acceptors (Lipinski definition) is 4. The lowest BCUT2D eigenvalue weighted by Gasteiger charge is -2.12. The average Bonchev–Trinajstić information content (AvgIpc) is 2.88. The molecule has 0 aliphatic rings. The molecule has 4 aromatic carbocycles. The van der Waals surface area contributed by atoms with Crippen molar-refractivity contribution in [3.8, 4) is 11.5 Å². The summed E-state index contributed by atoms with van der Waals surface area (Å²) in [6, 6.07) is 30.9. The predicted octanol–water partition coefficient (Wildman–Crippen LogP) is 6.82. The van der Waals surface area contributed by atoms with Crippen LogP contribution in [0.1, 0.15) is 27.0 Å². The summed E-state index contributed by atoms with van der Waals surface area (Å²) >= 11 is 4.51. The molecule has 7 heteroatoms. The second kappa shape index (κ2) is 12.7. The van der Waals surface area contributed by atoms with Crippen molar-refractivity contribution in [3.63, 3.8) is 0 Å². The van der Waals surface area contributed by atoms with Crippen molar-refractivity contribution in [1.82, 2.24) is 5.43 Å². The molecule has 1 amide bonds. The van der Waals surface area contributed by atoms with Crippen LogP contribution in [0.4, 0.5) is 0 Å². The van der Waals surface area contributed by atoms with Gasteiger partial charge in [-0.3, -0.25) is 4.79 Å². The Kier molecular flexibility index (Phi) is 9.13. The van der Waals surface area contributed by atoms with Crippen LogP contribution in [0.15, 0.2) is 102 Å². The maximum Gasteiger partial charge on any atom is 0.275 e. The second-order valence-corrected chi connectivity index (χ2v) is 9.96. The average molecular weight is 688 g/mol. The fourth-order valence-electron chi connectivity index (χ4n) is 3.29. The first-order valence-electron chi connectivity index (χ1n) is 10.8. The minimum Gasteiger partial charge on any atom is -0.488 e. The standard InChI is InChI=1S/C28H22I2N2O3/c29-23-15-22(27(25(30)16-23)35-19-21-11-5-2-6-12-21)17-31-32-28(33)24-13-7-8-14-26(24)34-18-20-9-3-1-4-10-20/h1-17H,18-19H2,(H,32,33)/b31-17+. The first-order valence-corrected chi connectivity index (χ1v) is 13.0. The maximum atomic E-state index is 12.9. The van der Waals surface area contributed by atoms with Crippen molar-refractivity contribution in [2.24, 2.45) is 5.10 Å². The molecule has 5 nitrogen and oxygen atoms in total. The SMILES string of the molecule is O=C(N/N=C/c1cc(I)cc(I)c1OCc1ccccc1)c1ccccc1OCc1ccccc1. The molecule has 0 aromatic heterocycles. The molecule has 0 fully saturated rings. The first kappa shape index (κ1) is 25.2. The lowest BCUT2D eigenvalue weighted by atomic mass is 10.2. The van der Waals surface area contributed by atoms with E-state index in [1.54, 1.807) is 24.4 Å². The van der Waals surface area contributed by atoms with Crippen LogP contribution in [0.2, 0.25) is 0 Å². The van der Waals surface area contributed by atoms with Gasteiger partial charge in [0.2, 0.25) is 0 Å². The number of rotatable bonds is 9. The van der Waals surface area contributed by atoms with Gasteiger partial charge in [-0.05, 0) is 80.6 Å². The van der Waals surface area contributed by atoms with Crippen LogP contribution in [0, 0.1) is 7.14 Å². The number of nitrogens with one attached hydrogen (secondary N) is 1. The van der Waals surface area contributed by atoms with Crippen molar-refractivity contribution >= 4 is 57.3 Å². The lowest BCUT2D eigenvalue weighted by Crippen LogP contribution is -2.18. The smallest absolute Gasteiger partial charge is 0.275 e. The first-order chi connectivity index (χ1) is 17.1. The number of amides is 1. The van der Waals surface area contributed by atoms with Crippen molar-refractivity contribution in [3.05, 3.63) is 126 Å². The molecular formula is C28H22I2N2O3. The Bertz CT molecular complexity index is 1310. The normalized spacial score (nSPS) is 10.8. The number of hydrazone groups is 1. The number of halogens is 2. The Labute approximate surface area is 231 Å². The van der Waals surface area contributed by atoms with E-state index in [-0.39, 0.29) is 5.91 Å². The molecule has 0 heterocycles. The van der Waals surface area contributed by atoms with Crippen LogP contribution in [-0.2, 0) is 13.2 Å². The summed E-state index contributed by atoms with van der Waals surface area (Å²) in [7, 11) is 0. The summed E-state index contributed by atoms with van der Waals surface area (Å²) in [5.74, 6) is 0.871. The third-order valence-corrected chi connectivity index (χ3v) is 6.43. The molecule has 0 radical (unpaired) electrons. The number of carbonyl (C=O) groups is 1. The fraction of sp³-hybridized carbons (Fsp3) is 0.0714. The van der Waals surface area contributed by atoms with Gasteiger partial charge in [-0.2, -0.15) is 5.10 Å². The molecular weight excluding hydrogens is 666 g/mol. The third-order valence-electron chi connectivity index (χ3n) is 5.00. The van der Waals surface area contributed by atoms with Crippen LogP contribution in [-0.4, -0.2) is 12.1 Å². The minimum atomic E-state index is -0.350. The van der Waals surface area contributed by atoms with Gasteiger partial charge in [-0.15, -0.1) is 0 Å². The highest BCUT2D eigenvalue weighted by atomic mass is 127. The molecule has 0 aliphatic heterocycles. The maximum absolute atomic E-state index is 12.9. The summed E-state index contributed by atoms with van der Waals surface area (Å²) in [5, 5.41) is 4.21. The molecule has 4 rings (SSSR count). The van der Waals surface area contributed by atoms with Gasteiger partial charge in [0.25, 0.3) is 5.91 Å². The number of benzene rings is 4. The molecule has 0 atom stereocenters. The van der Waals surface area contributed by atoms with Crippen molar-refractivity contribution in [2.45, 2.75) is 13.2 Å². The van der Waals surface area contributed by atoms with E-state index >= 15 is 0 Å². The highest BCUT2D eigenvalue weighted by molar-refractivity contribution is 14.1. The van der Waals surface area contributed by atoms with Gasteiger partial charge in [-0.1, -0.05) is 72.8 Å². The summed E-state index contributed by atoms with van der Waals surface area (Å²) in [5.41, 5.74) is 5.91. The van der Waals surface area contributed by atoms with E-state index < -0.39 is 0 Å². The summed E-state index contributed by atoms with van der Waals surface area (Å²) < 4.78 is 14.0. The molecule has 0 unspecified atom stereocenters. The number of para-hydroxylation sites is 1. The highest BCUT2D eigenvalue weighted by Crippen LogP contribution is 2.28. The Hall–Kier alpha value is -2.92. The summed E-state index contributed by atoms with van der Waals surface area (Å²) in [6.07, 6.45) is 1.61. The lowest BCUT2D eigenvalue weighted by molar-refractivity contribution is 0.0950. The summed E-state index contributed by atoms with van der Waals surface area (Å²) in [6.45, 7) is 0.814. The number of carbonyl (C=O) groups excluding carboxylic acids is 1. The van der Waals surface area contributed by atoms with Crippen molar-refractivity contribution in [1.29, 1.82) is 0 Å². The number of nitrogens with zero attached hydrogens (tertiary/aromatic N) is 1. The molecule has 0 saturated heterocycles. The van der Waals surface area contributed by atoms with Gasteiger partial charge < -0.3 is 9.47 Å². The van der Waals surface area contributed by atoms with Gasteiger partial charge in [0, 0.05) is 9.13 Å². The fourth-order valence-corrected chi connectivity index (χ4v) is 5.34. The van der Waals surface area contributed by atoms with Gasteiger partial charge >= 0.3 is 0 Å². The highest BCUT2D eigenvalue weighted by Gasteiger charge is 2.13. The van der Waals surface area contributed by atoms with Gasteiger partial charge in [-0.25, -0.2) is 5.43 Å². The van der Waals surface area contributed by atoms with Gasteiger partial charge in [0.1, 0.15) is 24.7 Å². The number of hydrogen-bond donors (Lipinski definition) is 1. The van der Waals surface area contributed by atoms with Crippen LogP contribution >= 0.6 is 45.2 Å². The molecule has 176 valence electrons. The molecule has 0 saturated carbocycles. The quantitative estimate of drug-likeness (QED) is 0.119. The zero-order valence-electron chi connectivity index (χ0n) is 18.7. The van der Waals surface area contributed by atoms with E-state index in [0.29, 0.717) is 24.5 Å². The Balaban J connectivity index is 1.45. The summed E-state index contributed by atoms with van der Waals surface area (Å²) in [4.78, 5) is 12.9. The zero-order valence-corrected chi connectivity index (χ0v) is 23.0. The predicted molar refractivity (Wildman–Crippen MR) is 155 cm³/mol. The monoisotopic (exact) mass is 688 g/mol. The zero-order chi connectivity index (χ0) is 24.5. The van der Waals surface area contributed by atoms with Crippen LogP contribution in [0.25, 0.3) is 0 Å². The largest absolute Gasteiger partial charge is 0.488 e. The van der Waals surface area contributed by atoms with E-state index in [9.17, 15) is 4.79 Å². The van der Waals surface area contributed by atoms with Crippen LogP contribution in [0.5, 0.6) is 11.5 Å². The second-order valence-electron chi connectivity index (χ2n) is 7.55. The van der Waals surface area contributed by atoms with Crippen LogP contribution < -0.4 is 14.9 Å². The Morgan fingerprint density at radius 1 is 0.800 bits per heavy atom. The van der Waals surface area contributed by atoms with E-state index in [1.807, 2.05) is 78.9 Å². The Morgan fingerprint density at radius 2 is 1.40 bits per heavy atom. The molecule has 0 bridgehead atoms. The molecule has 0 aliphatic carbocycles. The van der Waals surface area contributed by atoms with Gasteiger partial charge in [0.05, 0.1) is 15.3 Å². The van der Waals surface area contributed by atoms with E-state index in [0.717, 1.165) is 29.6 Å². The van der Waals surface area contributed by atoms with Crippen molar-refractivity contribution in [2.75, 3.05) is 0 Å². The molecule has 0 spiro atoms. The minimum absolute atomic E-state index is 0.350. The van der Waals surface area contributed by atoms with Crippen LogP contribution in [0.3, 0.4) is 0 Å².